The Labute approximate surface area is 137 Å². The molecule has 0 aliphatic carbocycles. The van der Waals surface area contributed by atoms with Gasteiger partial charge in [-0.25, -0.2) is 9.97 Å². The van der Waals surface area contributed by atoms with E-state index in [9.17, 15) is 4.79 Å². The lowest BCUT2D eigenvalue weighted by Crippen LogP contribution is -2.21. The first kappa shape index (κ1) is 16.9. The van der Waals surface area contributed by atoms with Gasteiger partial charge < -0.3 is 15.5 Å². The van der Waals surface area contributed by atoms with Crippen molar-refractivity contribution in [2.45, 2.75) is 13.8 Å². The van der Waals surface area contributed by atoms with Crippen LogP contribution < -0.4 is 10.6 Å². The molecule has 0 saturated heterocycles. The van der Waals surface area contributed by atoms with Crippen molar-refractivity contribution >= 4 is 17.4 Å². The smallest absolute Gasteiger partial charge is 0.274 e. The lowest BCUT2D eigenvalue weighted by atomic mass is 10.1. The van der Waals surface area contributed by atoms with Crippen LogP contribution in [0.3, 0.4) is 0 Å². The van der Waals surface area contributed by atoms with Crippen LogP contribution in [-0.2, 0) is 0 Å². The van der Waals surface area contributed by atoms with Crippen LogP contribution in [-0.4, -0.2) is 48.0 Å². The number of nitrogens with zero attached hydrogens (tertiary/aromatic N) is 3. The van der Waals surface area contributed by atoms with Crippen molar-refractivity contribution in [3.05, 3.63) is 47.4 Å². The van der Waals surface area contributed by atoms with Crippen molar-refractivity contribution in [3.63, 3.8) is 0 Å². The molecule has 0 radical (unpaired) electrons. The Bertz CT molecular complexity index is 684. The second-order valence-corrected chi connectivity index (χ2v) is 5.77. The van der Waals surface area contributed by atoms with E-state index in [2.05, 4.69) is 25.5 Å². The number of carbonyl (C=O) groups excluding carboxylic acids is 1. The first-order valence-corrected chi connectivity index (χ1v) is 7.55. The number of carbonyl (C=O) groups is 1. The molecule has 0 bridgehead atoms. The molecule has 2 rings (SSSR count). The van der Waals surface area contributed by atoms with Gasteiger partial charge in [0.2, 0.25) is 0 Å². The third kappa shape index (κ3) is 5.03. The number of aromatic nitrogens is 2. The van der Waals surface area contributed by atoms with Crippen LogP contribution in [0, 0.1) is 13.8 Å². The number of likely N-dealkylation sites (N-methyl/N-ethyl adjacent to an activating group) is 1. The number of hydrogen-bond acceptors (Lipinski definition) is 5. The van der Waals surface area contributed by atoms with Gasteiger partial charge >= 0.3 is 0 Å². The van der Waals surface area contributed by atoms with Crippen molar-refractivity contribution in [2.24, 2.45) is 0 Å². The molecule has 23 heavy (non-hydrogen) atoms. The molecule has 0 unspecified atom stereocenters. The van der Waals surface area contributed by atoms with E-state index in [0.29, 0.717) is 11.5 Å². The summed E-state index contributed by atoms with van der Waals surface area (Å²) >= 11 is 0. The van der Waals surface area contributed by atoms with E-state index in [-0.39, 0.29) is 5.91 Å². The number of nitrogens with one attached hydrogen (secondary N) is 2. The standard InChI is InChI=1S/C17H23N5O/c1-12-5-6-14(9-13(12)2)21-17(23)15-10-16(20-11-19-15)18-7-8-22(3)4/h5-6,9-11H,7-8H2,1-4H3,(H,21,23)(H,18,19,20). The van der Waals surface area contributed by atoms with E-state index in [1.165, 1.54) is 11.9 Å². The number of hydrogen-bond donors (Lipinski definition) is 2. The molecule has 1 heterocycles. The summed E-state index contributed by atoms with van der Waals surface area (Å²) in [5, 5.41) is 6.04. The Hall–Kier alpha value is -2.47. The van der Waals surface area contributed by atoms with Crippen LogP contribution in [0.1, 0.15) is 21.6 Å². The molecule has 0 atom stereocenters. The summed E-state index contributed by atoms with van der Waals surface area (Å²) in [5.41, 5.74) is 3.43. The zero-order valence-corrected chi connectivity index (χ0v) is 14.1. The van der Waals surface area contributed by atoms with Crippen LogP contribution in [0.25, 0.3) is 0 Å². The fourth-order valence-electron chi connectivity index (χ4n) is 2.00. The van der Waals surface area contributed by atoms with Crippen LogP contribution in [0.5, 0.6) is 0 Å². The molecule has 2 aromatic rings. The molecule has 2 N–H and O–H groups in total. The third-order valence-electron chi connectivity index (χ3n) is 3.53. The number of rotatable bonds is 6. The molecule has 0 aliphatic rings. The SMILES string of the molecule is Cc1ccc(NC(=O)c2cc(NCCN(C)C)ncn2)cc1C. The van der Waals surface area contributed by atoms with Crippen molar-refractivity contribution in [1.82, 2.24) is 14.9 Å². The van der Waals surface area contributed by atoms with E-state index in [4.69, 9.17) is 0 Å². The highest BCUT2D eigenvalue weighted by Crippen LogP contribution is 2.15. The van der Waals surface area contributed by atoms with E-state index in [1.54, 1.807) is 6.07 Å². The molecule has 0 aliphatic heterocycles. The minimum atomic E-state index is -0.244. The lowest BCUT2D eigenvalue weighted by molar-refractivity contribution is 0.102. The maximum Gasteiger partial charge on any atom is 0.274 e. The van der Waals surface area contributed by atoms with Crippen molar-refractivity contribution in [2.75, 3.05) is 37.8 Å². The number of benzene rings is 1. The Morgan fingerprint density at radius 3 is 2.61 bits per heavy atom. The topological polar surface area (TPSA) is 70.2 Å². The second-order valence-electron chi connectivity index (χ2n) is 5.77. The minimum absolute atomic E-state index is 0.244. The monoisotopic (exact) mass is 313 g/mol. The Morgan fingerprint density at radius 2 is 1.91 bits per heavy atom. The molecule has 1 aromatic carbocycles. The number of anilines is 2. The van der Waals surface area contributed by atoms with Crippen LogP contribution >= 0.6 is 0 Å². The third-order valence-corrected chi connectivity index (χ3v) is 3.53. The normalized spacial score (nSPS) is 10.7. The van der Waals surface area contributed by atoms with E-state index >= 15 is 0 Å². The first-order chi connectivity index (χ1) is 11.0. The van der Waals surface area contributed by atoms with E-state index < -0.39 is 0 Å². The number of amides is 1. The average molecular weight is 313 g/mol. The Kier molecular flexibility index (Phi) is 5.65. The molecule has 122 valence electrons. The average Bonchev–Trinajstić information content (AvgIpc) is 2.51. The second kappa shape index (κ2) is 7.69. The fraction of sp³-hybridized carbons (Fsp3) is 0.353. The van der Waals surface area contributed by atoms with Gasteiger partial charge in [0.05, 0.1) is 0 Å². The van der Waals surface area contributed by atoms with Gasteiger partial charge in [-0.3, -0.25) is 4.79 Å². The summed E-state index contributed by atoms with van der Waals surface area (Å²) in [6.07, 6.45) is 1.40. The van der Waals surface area contributed by atoms with Gasteiger partial charge in [0.25, 0.3) is 5.91 Å². The molecular formula is C17H23N5O. The lowest BCUT2D eigenvalue weighted by Gasteiger charge is -2.11. The van der Waals surface area contributed by atoms with Gasteiger partial charge in [0.15, 0.2) is 0 Å². The van der Waals surface area contributed by atoms with Gasteiger partial charge in [-0.05, 0) is 51.2 Å². The summed E-state index contributed by atoms with van der Waals surface area (Å²) in [6, 6.07) is 7.48. The van der Waals surface area contributed by atoms with Crippen molar-refractivity contribution in [3.8, 4) is 0 Å². The quantitative estimate of drug-likeness (QED) is 0.856. The summed E-state index contributed by atoms with van der Waals surface area (Å²) < 4.78 is 0. The molecular weight excluding hydrogens is 290 g/mol. The van der Waals surface area contributed by atoms with Gasteiger partial charge in [0, 0.05) is 24.8 Å². The molecule has 0 spiro atoms. The summed E-state index contributed by atoms with van der Waals surface area (Å²) in [5.74, 6) is 0.401. The van der Waals surface area contributed by atoms with Gasteiger partial charge in [-0.1, -0.05) is 6.07 Å². The zero-order valence-electron chi connectivity index (χ0n) is 14.1. The molecule has 1 amide bonds. The van der Waals surface area contributed by atoms with E-state index in [1.807, 2.05) is 46.1 Å². The minimum Gasteiger partial charge on any atom is -0.369 e. The van der Waals surface area contributed by atoms with E-state index in [0.717, 1.165) is 24.3 Å². The van der Waals surface area contributed by atoms with Crippen LogP contribution in [0.4, 0.5) is 11.5 Å². The van der Waals surface area contributed by atoms with Gasteiger partial charge in [0.1, 0.15) is 17.8 Å². The maximum absolute atomic E-state index is 12.3. The molecule has 0 fully saturated rings. The molecule has 6 heteroatoms. The fourth-order valence-corrected chi connectivity index (χ4v) is 2.00. The predicted molar refractivity (Wildman–Crippen MR) is 92.9 cm³/mol. The highest BCUT2D eigenvalue weighted by Gasteiger charge is 2.09. The predicted octanol–water partition coefficient (Wildman–Crippen LogP) is 2.32. The Morgan fingerprint density at radius 1 is 1.13 bits per heavy atom. The molecule has 6 nitrogen and oxygen atoms in total. The van der Waals surface area contributed by atoms with Crippen LogP contribution in [0.2, 0.25) is 0 Å². The van der Waals surface area contributed by atoms with Crippen molar-refractivity contribution < 1.29 is 4.79 Å². The first-order valence-electron chi connectivity index (χ1n) is 7.55. The zero-order chi connectivity index (χ0) is 16.8. The largest absolute Gasteiger partial charge is 0.369 e. The Balaban J connectivity index is 2.02. The molecule has 1 aromatic heterocycles. The van der Waals surface area contributed by atoms with Gasteiger partial charge in [-0.2, -0.15) is 0 Å². The highest BCUT2D eigenvalue weighted by atomic mass is 16.1. The molecule has 0 saturated carbocycles. The number of aryl methyl sites for hydroxylation is 2. The van der Waals surface area contributed by atoms with Crippen molar-refractivity contribution in [1.29, 1.82) is 0 Å². The van der Waals surface area contributed by atoms with Gasteiger partial charge in [-0.15, -0.1) is 0 Å². The summed E-state index contributed by atoms with van der Waals surface area (Å²) in [4.78, 5) is 22.6. The van der Waals surface area contributed by atoms with Crippen LogP contribution in [0.15, 0.2) is 30.6 Å². The summed E-state index contributed by atoms with van der Waals surface area (Å²) in [6.45, 7) is 5.69. The summed E-state index contributed by atoms with van der Waals surface area (Å²) in [7, 11) is 4.01. The highest BCUT2D eigenvalue weighted by molar-refractivity contribution is 6.03. The maximum atomic E-state index is 12.3.